The second kappa shape index (κ2) is 6.06. The Morgan fingerprint density at radius 3 is 2.62 bits per heavy atom. The number of benzene rings is 2. The van der Waals surface area contributed by atoms with Crippen LogP contribution in [0.5, 0.6) is 0 Å². The van der Waals surface area contributed by atoms with Crippen molar-refractivity contribution in [2.24, 2.45) is 0 Å². The first-order valence-corrected chi connectivity index (χ1v) is 7.88. The van der Waals surface area contributed by atoms with Crippen LogP contribution in [0.3, 0.4) is 0 Å². The molecule has 4 heteroatoms. The molecule has 1 heterocycles. The topological polar surface area (TPSA) is 42.2 Å². The number of fused-ring (bicyclic) bond motifs is 1. The van der Waals surface area contributed by atoms with Gasteiger partial charge in [-0.2, -0.15) is 0 Å². The van der Waals surface area contributed by atoms with Gasteiger partial charge in [0.15, 0.2) is 0 Å². The molecule has 0 fully saturated rings. The first kappa shape index (κ1) is 13.8. The van der Waals surface area contributed by atoms with Gasteiger partial charge in [-0.15, -0.1) is 11.8 Å². The largest absolute Gasteiger partial charge is 0.459 e. The van der Waals surface area contributed by atoms with Gasteiger partial charge in [0.2, 0.25) is 0 Å². The number of para-hydroxylation sites is 1. The molecule has 1 N–H and O–H groups in total. The van der Waals surface area contributed by atoms with Gasteiger partial charge < -0.3 is 9.73 Å². The molecule has 1 aromatic heterocycles. The number of hydrogen-bond acceptors (Lipinski definition) is 3. The monoisotopic (exact) mass is 297 g/mol. The van der Waals surface area contributed by atoms with Gasteiger partial charge in [0, 0.05) is 15.8 Å². The first-order chi connectivity index (χ1) is 10.3. The van der Waals surface area contributed by atoms with Crippen LogP contribution >= 0.6 is 11.8 Å². The van der Waals surface area contributed by atoms with Crippen LogP contribution in [0.1, 0.15) is 16.1 Å². The Morgan fingerprint density at radius 1 is 1.14 bits per heavy atom. The van der Waals surface area contributed by atoms with Crippen LogP contribution in [0.25, 0.3) is 11.0 Å². The van der Waals surface area contributed by atoms with Crippen molar-refractivity contribution in [1.82, 2.24) is 5.32 Å². The maximum atomic E-state index is 12.1. The molecule has 0 bridgehead atoms. The number of nitrogens with one attached hydrogen (secondary N) is 1. The molecule has 21 heavy (non-hydrogen) atoms. The molecule has 0 aliphatic rings. The molecule has 0 atom stereocenters. The predicted molar refractivity (Wildman–Crippen MR) is 85.6 cm³/mol. The van der Waals surface area contributed by atoms with E-state index >= 15 is 0 Å². The summed E-state index contributed by atoms with van der Waals surface area (Å²) < 4.78 is 5.67. The fourth-order valence-electron chi connectivity index (χ4n) is 2.14. The fourth-order valence-corrected chi connectivity index (χ4v) is 2.54. The molecular formula is C17H15NO2S. The lowest BCUT2D eigenvalue weighted by atomic mass is 10.2. The molecular weight excluding hydrogens is 282 g/mol. The van der Waals surface area contributed by atoms with E-state index in [4.69, 9.17) is 4.42 Å². The van der Waals surface area contributed by atoms with E-state index in [-0.39, 0.29) is 5.91 Å². The second-order valence-electron chi connectivity index (χ2n) is 4.66. The second-order valence-corrected chi connectivity index (χ2v) is 5.54. The van der Waals surface area contributed by atoms with Crippen molar-refractivity contribution in [3.05, 3.63) is 65.9 Å². The third-order valence-corrected chi connectivity index (χ3v) is 4.00. The summed E-state index contributed by atoms with van der Waals surface area (Å²) in [5, 5.41) is 3.92. The van der Waals surface area contributed by atoms with E-state index in [1.165, 1.54) is 0 Å². The zero-order chi connectivity index (χ0) is 14.7. The molecule has 1 amide bonds. The Morgan fingerprint density at radius 2 is 1.90 bits per heavy atom. The van der Waals surface area contributed by atoms with E-state index < -0.39 is 0 Å². The third kappa shape index (κ3) is 3.11. The Kier molecular flexibility index (Phi) is 3.97. The number of amides is 1. The van der Waals surface area contributed by atoms with Crippen molar-refractivity contribution in [2.75, 3.05) is 6.26 Å². The van der Waals surface area contributed by atoms with Crippen molar-refractivity contribution < 1.29 is 9.21 Å². The molecule has 106 valence electrons. The highest BCUT2D eigenvalue weighted by Crippen LogP contribution is 2.19. The summed E-state index contributed by atoms with van der Waals surface area (Å²) >= 11 is 1.66. The van der Waals surface area contributed by atoms with Gasteiger partial charge in [-0.3, -0.25) is 4.79 Å². The van der Waals surface area contributed by atoms with E-state index in [1.54, 1.807) is 11.8 Å². The molecule has 0 spiro atoms. The van der Waals surface area contributed by atoms with E-state index in [1.807, 2.05) is 60.9 Å². The van der Waals surface area contributed by atoms with Crippen LogP contribution in [0.2, 0.25) is 0 Å². The number of carbonyl (C=O) groups is 1. The minimum atomic E-state index is -0.0943. The summed E-state index contributed by atoms with van der Waals surface area (Å²) in [6.45, 7) is 0.387. The van der Waals surface area contributed by atoms with Gasteiger partial charge in [-0.05, 0) is 42.7 Å². The molecule has 0 unspecified atom stereocenters. The van der Waals surface area contributed by atoms with Gasteiger partial charge >= 0.3 is 0 Å². The molecule has 0 aliphatic carbocycles. The third-order valence-electron chi connectivity index (χ3n) is 3.25. The Bertz CT molecular complexity index is 729. The molecule has 2 aromatic carbocycles. The number of rotatable bonds is 4. The number of carbonyl (C=O) groups excluding carboxylic acids is 1. The molecule has 3 aromatic rings. The van der Waals surface area contributed by atoms with Gasteiger partial charge in [0.05, 0.1) is 6.54 Å². The van der Waals surface area contributed by atoms with Crippen molar-refractivity contribution >= 4 is 28.6 Å². The summed E-state index contributed by atoms with van der Waals surface area (Å²) in [5.74, 6) is 0.661. The maximum Gasteiger partial charge on any atom is 0.251 e. The smallest absolute Gasteiger partial charge is 0.251 e. The highest BCUT2D eigenvalue weighted by Gasteiger charge is 2.07. The number of furan rings is 1. The average molecular weight is 297 g/mol. The zero-order valence-corrected chi connectivity index (χ0v) is 12.4. The lowest BCUT2D eigenvalue weighted by Gasteiger charge is -2.04. The SMILES string of the molecule is CSc1ccc(C(=O)NCc2cc3ccccc3o2)cc1. The zero-order valence-electron chi connectivity index (χ0n) is 11.6. The standard InChI is InChI=1S/C17H15NO2S/c1-21-15-8-6-12(7-9-15)17(19)18-11-14-10-13-4-2-3-5-16(13)20-14/h2-10H,11H2,1H3,(H,18,19). The van der Waals surface area contributed by atoms with Gasteiger partial charge in [0.1, 0.15) is 11.3 Å². The average Bonchev–Trinajstić information content (AvgIpc) is 2.95. The summed E-state index contributed by atoms with van der Waals surface area (Å²) in [6, 6.07) is 17.3. The minimum Gasteiger partial charge on any atom is -0.459 e. The van der Waals surface area contributed by atoms with Crippen LogP contribution in [-0.4, -0.2) is 12.2 Å². The molecule has 0 saturated heterocycles. The molecule has 0 radical (unpaired) electrons. The Labute approximate surface area is 127 Å². The number of hydrogen-bond donors (Lipinski definition) is 1. The van der Waals surface area contributed by atoms with Crippen LogP contribution in [0, 0.1) is 0 Å². The lowest BCUT2D eigenvalue weighted by molar-refractivity contribution is 0.0948. The Balaban J connectivity index is 1.67. The minimum absolute atomic E-state index is 0.0943. The van der Waals surface area contributed by atoms with Crippen LogP contribution in [0.4, 0.5) is 0 Å². The van der Waals surface area contributed by atoms with Gasteiger partial charge in [-0.25, -0.2) is 0 Å². The fraction of sp³-hybridized carbons (Fsp3) is 0.118. The normalized spacial score (nSPS) is 10.7. The highest BCUT2D eigenvalue weighted by molar-refractivity contribution is 7.98. The quantitative estimate of drug-likeness (QED) is 0.738. The lowest BCUT2D eigenvalue weighted by Crippen LogP contribution is -2.22. The highest BCUT2D eigenvalue weighted by atomic mass is 32.2. The van der Waals surface area contributed by atoms with Crippen molar-refractivity contribution in [1.29, 1.82) is 0 Å². The summed E-state index contributed by atoms with van der Waals surface area (Å²) in [6.07, 6.45) is 2.01. The summed E-state index contributed by atoms with van der Waals surface area (Å²) in [5.41, 5.74) is 1.50. The number of thioether (sulfide) groups is 1. The van der Waals surface area contributed by atoms with E-state index in [0.29, 0.717) is 12.1 Å². The molecule has 3 rings (SSSR count). The molecule has 0 saturated carbocycles. The summed E-state index contributed by atoms with van der Waals surface area (Å²) in [7, 11) is 0. The van der Waals surface area contributed by atoms with Gasteiger partial charge in [0.25, 0.3) is 5.91 Å². The Hall–Kier alpha value is -2.20. The molecule has 3 nitrogen and oxygen atoms in total. The maximum absolute atomic E-state index is 12.1. The predicted octanol–water partition coefficient (Wildman–Crippen LogP) is 4.08. The van der Waals surface area contributed by atoms with E-state index in [9.17, 15) is 4.79 Å². The molecule has 0 aliphatic heterocycles. The van der Waals surface area contributed by atoms with Crippen LogP contribution in [0.15, 0.2) is 63.9 Å². The van der Waals surface area contributed by atoms with Crippen molar-refractivity contribution in [2.45, 2.75) is 11.4 Å². The van der Waals surface area contributed by atoms with Crippen LogP contribution in [-0.2, 0) is 6.54 Å². The summed E-state index contributed by atoms with van der Waals surface area (Å²) in [4.78, 5) is 13.2. The van der Waals surface area contributed by atoms with Crippen molar-refractivity contribution in [3.8, 4) is 0 Å². The van der Waals surface area contributed by atoms with E-state index in [2.05, 4.69) is 5.32 Å². The van der Waals surface area contributed by atoms with E-state index in [0.717, 1.165) is 21.6 Å². The first-order valence-electron chi connectivity index (χ1n) is 6.66. The van der Waals surface area contributed by atoms with Crippen LogP contribution < -0.4 is 5.32 Å². The van der Waals surface area contributed by atoms with Crippen molar-refractivity contribution in [3.63, 3.8) is 0 Å². The van der Waals surface area contributed by atoms with Gasteiger partial charge in [-0.1, -0.05) is 18.2 Å².